The molecule has 0 spiro atoms. The van der Waals surface area contributed by atoms with E-state index in [1.165, 1.54) is 0 Å². The molecule has 0 saturated carbocycles. The molecule has 2 rings (SSSR count). The fraction of sp³-hybridized carbons (Fsp3) is 0.273. The Morgan fingerprint density at radius 1 is 1.36 bits per heavy atom. The standard InChI is InChI=1S/C7H6O2S.C4H6/c1-5-2-3-6-7(4-5)10(6,8)9;1-3-4-2/h2-4H,1H3;1H,4H2,2H3. The summed E-state index contributed by atoms with van der Waals surface area (Å²) in [6.45, 7) is 3.83. The van der Waals surface area contributed by atoms with Crippen LogP contribution >= 0.6 is 0 Å². The summed E-state index contributed by atoms with van der Waals surface area (Å²) in [5.74, 6) is 2.43. The van der Waals surface area contributed by atoms with E-state index < -0.39 is 9.84 Å². The first kappa shape index (κ1) is 10.8. The second-order valence-corrected chi connectivity index (χ2v) is 4.90. The quantitative estimate of drug-likeness (QED) is 0.491. The van der Waals surface area contributed by atoms with Crippen LogP contribution in [0.15, 0.2) is 28.0 Å². The minimum absolute atomic E-state index is 0.498. The SMILES string of the molecule is C#CCC.Cc1ccc2c(c1)S2(=O)=O. The van der Waals surface area contributed by atoms with E-state index in [-0.39, 0.29) is 0 Å². The van der Waals surface area contributed by atoms with Crippen LogP contribution in [-0.2, 0) is 9.84 Å². The topological polar surface area (TPSA) is 34.1 Å². The molecule has 1 aromatic carbocycles. The van der Waals surface area contributed by atoms with E-state index in [9.17, 15) is 8.42 Å². The highest BCUT2D eigenvalue weighted by Crippen LogP contribution is 2.39. The van der Waals surface area contributed by atoms with Gasteiger partial charge in [0.25, 0.3) is 0 Å². The summed E-state index contributed by atoms with van der Waals surface area (Å²) in [6, 6.07) is 5.16. The maximum atomic E-state index is 10.9. The van der Waals surface area contributed by atoms with Crippen molar-refractivity contribution in [2.75, 3.05) is 0 Å². The van der Waals surface area contributed by atoms with Crippen molar-refractivity contribution in [3.05, 3.63) is 23.8 Å². The lowest BCUT2D eigenvalue weighted by molar-refractivity contribution is 0.612. The van der Waals surface area contributed by atoms with E-state index >= 15 is 0 Å². The smallest absolute Gasteiger partial charge is 0.209 e. The largest absolute Gasteiger partial charge is 0.218 e. The van der Waals surface area contributed by atoms with Gasteiger partial charge in [0.1, 0.15) is 0 Å². The van der Waals surface area contributed by atoms with Crippen molar-refractivity contribution in [2.45, 2.75) is 30.1 Å². The number of terminal acetylenes is 1. The van der Waals surface area contributed by atoms with Crippen molar-refractivity contribution in [1.82, 2.24) is 0 Å². The number of sulfone groups is 1. The Kier molecular flexibility index (Phi) is 2.97. The monoisotopic (exact) mass is 208 g/mol. The van der Waals surface area contributed by atoms with Crippen LogP contribution in [0.25, 0.3) is 0 Å². The lowest BCUT2D eigenvalue weighted by Gasteiger charge is -1.79. The van der Waals surface area contributed by atoms with E-state index in [1.54, 1.807) is 12.1 Å². The summed E-state index contributed by atoms with van der Waals surface area (Å²) in [5.41, 5.74) is 1.000. The Hall–Kier alpha value is -1.27. The lowest BCUT2D eigenvalue weighted by Crippen LogP contribution is -1.66. The number of hydrogen-bond donors (Lipinski definition) is 0. The summed E-state index contributed by atoms with van der Waals surface area (Å²) < 4.78 is 21.8. The van der Waals surface area contributed by atoms with Gasteiger partial charge in [0.15, 0.2) is 0 Å². The Bertz CT molecular complexity index is 478. The number of benzene rings is 1. The van der Waals surface area contributed by atoms with Gasteiger partial charge in [0, 0.05) is 6.42 Å². The van der Waals surface area contributed by atoms with E-state index in [4.69, 9.17) is 6.42 Å². The van der Waals surface area contributed by atoms with Gasteiger partial charge in [-0.25, -0.2) is 8.42 Å². The lowest BCUT2D eigenvalue weighted by atomic mass is 10.2. The molecule has 0 amide bonds. The van der Waals surface area contributed by atoms with E-state index in [2.05, 4.69) is 5.92 Å². The Morgan fingerprint density at radius 3 is 2.29 bits per heavy atom. The zero-order valence-electron chi connectivity index (χ0n) is 8.24. The first-order valence-corrected chi connectivity index (χ1v) is 5.81. The highest BCUT2D eigenvalue weighted by atomic mass is 32.2. The van der Waals surface area contributed by atoms with Gasteiger partial charge in [-0.05, 0) is 24.6 Å². The van der Waals surface area contributed by atoms with Crippen molar-refractivity contribution in [3.8, 4) is 12.3 Å². The molecule has 3 heteroatoms. The van der Waals surface area contributed by atoms with Crippen LogP contribution in [0, 0.1) is 19.3 Å². The maximum absolute atomic E-state index is 10.9. The Morgan fingerprint density at radius 2 is 1.93 bits per heavy atom. The number of hydrogen-bond acceptors (Lipinski definition) is 2. The first-order valence-electron chi connectivity index (χ1n) is 4.33. The van der Waals surface area contributed by atoms with Crippen molar-refractivity contribution in [1.29, 1.82) is 0 Å². The van der Waals surface area contributed by atoms with Crippen LogP contribution in [0.4, 0.5) is 0 Å². The Balaban J connectivity index is 0.000000213. The molecular formula is C11H12O2S. The molecule has 0 aromatic heterocycles. The summed E-state index contributed by atoms with van der Waals surface area (Å²) in [5, 5.41) is 0. The molecule has 0 atom stereocenters. The average molecular weight is 208 g/mol. The van der Waals surface area contributed by atoms with Gasteiger partial charge in [0.2, 0.25) is 9.84 Å². The second-order valence-electron chi connectivity index (χ2n) is 3.01. The van der Waals surface area contributed by atoms with Gasteiger partial charge in [-0.1, -0.05) is 13.0 Å². The van der Waals surface area contributed by atoms with Gasteiger partial charge in [-0.2, -0.15) is 0 Å². The molecule has 0 bridgehead atoms. The third-order valence-electron chi connectivity index (χ3n) is 1.84. The number of aryl methyl sites for hydroxylation is 1. The van der Waals surface area contributed by atoms with Crippen molar-refractivity contribution in [2.24, 2.45) is 0 Å². The zero-order chi connectivity index (χ0) is 10.8. The third-order valence-corrected chi connectivity index (χ3v) is 3.49. The molecule has 1 heterocycles. The fourth-order valence-electron chi connectivity index (χ4n) is 1.01. The first-order chi connectivity index (χ1) is 6.54. The average Bonchev–Trinajstić information content (AvgIpc) is 2.69. The molecule has 1 aromatic rings. The molecule has 1 aliphatic heterocycles. The van der Waals surface area contributed by atoms with Crippen molar-refractivity contribution in [3.63, 3.8) is 0 Å². The van der Waals surface area contributed by atoms with Crippen molar-refractivity contribution < 1.29 is 8.42 Å². The highest BCUT2D eigenvalue weighted by molar-refractivity contribution is 7.97. The second kappa shape index (κ2) is 3.85. The summed E-state index contributed by atoms with van der Waals surface area (Å²) >= 11 is 0. The summed E-state index contributed by atoms with van der Waals surface area (Å²) in [6.07, 6.45) is 5.62. The fourth-order valence-corrected chi connectivity index (χ4v) is 2.37. The number of fused-ring (bicyclic) bond motifs is 1. The molecule has 0 radical (unpaired) electrons. The van der Waals surface area contributed by atoms with E-state index in [0.29, 0.717) is 9.79 Å². The molecule has 0 saturated heterocycles. The molecule has 0 fully saturated rings. The molecule has 0 N–H and O–H groups in total. The van der Waals surface area contributed by atoms with Gasteiger partial charge in [0.05, 0.1) is 9.79 Å². The van der Waals surface area contributed by atoms with E-state index in [0.717, 1.165) is 12.0 Å². The van der Waals surface area contributed by atoms with Crippen molar-refractivity contribution >= 4 is 9.84 Å². The normalized spacial score (nSPS) is 14.4. The maximum Gasteiger partial charge on any atom is 0.209 e. The van der Waals surface area contributed by atoms with Crippen LogP contribution in [0.5, 0.6) is 0 Å². The van der Waals surface area contributed by atoms with Gasteiger partial charge < -0.3 is 0 Å². The minimum atomic E-state index is -2.90. The molecule has 74 valence electrons. The van der Waals surface area contributed by atoms with Gasteiger partial charge in [-0.15, -0.1) is 12.3 Å². The molecular weight excluding hydrogens is 196 g/mol. The van der Waals surface area contributed by atoms with Gasteiger partial charge >= 0.3 is 0 Å². The van der Waals surface area contributed by atoms with Crippen LogP contribution in [-0.4, -0.2) is 8.42 Å². The van der Waals surface area contributed by atoms with Crippen LogP contribution in [0.1, 0.15) is 18.9 Å². The Labute approximate surface area is 84.9 Å². The minimum Gasteiger partial charge on any atom is -0.218 e. The third kappa shape index (κ3) is 1.97. The molecule has 1 aliphatic rings. The summed E-state index contributed by atoms with van der Waals surface area (Å²) in [7, 11) is -2.90. The molecule has 2 nitrogen and oxygen atoms in total. The van der Waals surface area contributed by atoms with Crippen LogP contribution in [0.3, 0.4) is 0 Å². The predicted octanol–water partition coefficient (Wildman–Crippen LogP) is 2.17. The highest BCUT2D eigenvalue weighted by Gasteiger charge is 2.38. The van der Waals surface area contributed by atoms with Gasteiger partial charge in [-0.3, -0.25) is 0 Å². The van der Waals surface area contributed by atoms with E-state index in [1.807, 2.05) is 19.9 Å². The number of rotatable bonds is 0. The molecule has 14 heavy (non-hydrogen) atoms. The van der Waals surface area contributed by atoms with Crippen LogP contribution in [0.2, 0.25) is 0 Å². The summed E-state index contributed by atoms with van der Waals surface area (Å²) in [4.78, 5) is 1.01. The molecule has 0 aliphatic carbocycles. The predicted molar refractivity (Wildman–Crippen MR) is 55.8 cm³/mol. The van der Waals surface area contributed by atoms with Crippen LogP contribution < -0.4 is 0 Å². The molecule has 0 unspecified atom stereocenters. The zero-order valence-corrected chi connectivity index (χ0v) is 9.06.